The standard InChI is InChI=1S/C16H28N6O7S/c23-15(14-2-1-12-9-21(14)16(24)22(12)29-30(25,26)27)19-28-10-11-7-13(8-18-11)20-5-3-17-4-6-20/h11-14,17-18H,1-10H2,(H,19,23)(H,25,26,27)/t11-,12+,13-,14-/m0/s1. The van der Waals surface area contributed by atoms with Crippen LogP contribution >= 0.6 is 0 Å². The number of hydrogen-bond donors (Lipinski definition) is 4. The Balaban J connectivity index is 1.22. The third-order valence-electron chi connectivity index (χ3n) is 6.12. The summed E-state index contributed by atoms with van der Waals surface area (Å²) in [7, 11) is -4.81. The van der Waals surface area contributed by atoms with Crippen LogP contribution in [0.15, 0.2) is 0 Å². The molecule has 0 aromatic heterocycles. The molecule has 0 radical (unpaired) electrons. The minimum absolute atomic E-state index is 0.132. The van der Waals surface area contributed by atoms with Crippen LogP contribution in [0, 0.1) is 0 Å². The molecule has 30 heavy (non-hydrogen) atoms. The average Bonchev–Trinajstić information content (AvgIpc) is 3.27. The van der Waals surface area contributed by atoms with Crippen LogP contribution in [0.1, 0.15) is 19.3 Å². The van der Waals surface area contributed by atoms with Crippen molar-refractivity contribution >= 4 is 22.3 Å². The lowest BCUT2D eigenvalue weighted by atomic mass is 10.0. The molecular weight excluding hydrogens is 420 g/mol. The lowest BCUT2D eigenvalue weighted by Crippen LogP contribution is -2.50. The van der Waals surface area contributed by atoms with Crippen LogP contribution in [0.5, 0.6) is 0 Å². The Morgan fingerprint density at radius 1 is 1.23 bits per heavy atom. The molecule has 4 saturated heterocycles. The lowest BCUT2D eigenvalue weighted by Gasteiger charge is -2.32. The van der Waals surface area contributed by atoms with E-state index in [0.717, 1.165) is 39.1 Å². The Morgan fingerprint density at radius 2 is 2.00 bits per heavy atom. The van der Waals surface area contributed by atoms with Crippen molar-refractivity contribution in [3.63, 3.8) is 0 Å². The van der Waals surface area contributed by atoms with Crippen LogP contribution in [0.25, 0.3) is 0 Å². The molecule has 4 aliphatic rings. The third kappa shape index (κ3) is 4.85. The van der Waals surface area contributed by atoms with E-state index in [1.54, 1.807) is 0 Å². The number of hydroxylamine groups is 3. The van der Waals surface area contributed by atoms with Crippen molar-refractivity contribution in [3.05, 3.63) is 0 Å². The third-order valence-corrected chi connectivity index (χ3v) is 6.47. The monoisotopic (exact) mass is 448 g/mol. The number of nitrogens with one attached hydrogen (secondary N) is 3. The molecule has 2 bridgehead atoms. The largest absolute Gasteiger partial charge is 0.418 e. The van der Waals surface area contributed by atoms with Gasteiger partial charge in [-0.3, -0.25) is 19.1 Å². The molecule has 4 fully saturated rings. The zero-order valence-corrected chi connectivity index (χ0v) is 17.3. The summed E-state index contributed by atoms with van der Waals surface area (Å²) in [5.74, 6) is -0.466. The van der Waals surface area contributed by atoms with Gasteiger partial charge in [0.25, 0.3) is 5.91 Å². The Bertz CT molecular complexity index is 761. The van der Waals surface area contributed by atoms with Crippen molar-refractivity contribution in [1.29, 1.82) is 0 Å². The van der Waals surface area contributed by atoms with E-state index in [0.29, 0.717) is 30.6 Å². The Kier molecular flexibility index (Phi) is 6.43. The van der Waals surface area contributed by atoms with Gasteiger partial charge in [-0.25, -0.2) is 10.3 Å². The van der Waals surface area contributed by atoms with Gasteiger partial charge in [0.15, 0.2) is 0 Å². The van der Waals surface area contributed by atoms with Crippen LogP contribution in [0.3, 0.4) is 0 Å². The van der Waals surface area contributed by atoms with Crippen molar-refractivity contribution in [2.75, 3.05) is 45.9 Å². The van der Waals surface area contributed by atoms with Gasteiger partial charge in [-0.05, 0) is 19.3 Å². The first-order valence-electron chi connectivity index (χ1n) is 10.2. The van der Waals surface area contributed by atoms with Crippen LogP contribution in [-0.2, 0) is 24.3 Å². The van der Waals surface area contributed by atoms with Gasteiger partial charge in [0.2, 0.25) is 0 Å². The summed E-state index contributed by atoms with van der Waals surface area (Å²) < 4.78 is 35.1. The summed E-state index contributed by atoms with van der Waals surface area (Å²) in [5.41, 5.74) is 2.42. The summed E-state index contributed by atoms with van der Waals surface area (Å²) in [6.45, 7) is 5.40. The Morgan fingerprint density at radius 3 is 2.73 bits per heavy atom. The van der Waals surface area contributed by atoms with Gasteiger partial charge in [0, 0.05) is 51.4 Å². The van der Waals surface area contributed by atoms with E-state index in [2.05, 4.69) is 25.3 Å². The Hall–Kier alpha value is -1.55. The van der Waals surface area contributed by atoms with Crippen molar-refractivity contribution in [1.82, 2.24) is 31.0 Å². The molecule has 0 spiro atoms. The van der Waals surface area contributed by atoms with Crippen LogP contribution in [0.4, 0.5) is 4.79 Å². The molecule has 0 unspecified atom stereocenters. The SMILES string of the molecule is O=C(NOC[C@@H]1C[C@H](N2CCNCC2)CN1)[C@@H]1CC[C@@H]2CN1C(=O)N2OS(=O)(=O)O. The fourth-order valence-electron chi connectivity index (χ4n) is 4.64. The topological polar surface area (TPSA) is 153 Å². The van der Waals surface area contributed by atoms with E-state index in [9.17, 15) is 18.0 Å². The molecule has 170 valence electrons. The van der Waals surface area contributed by atoms with Gasteiger partial charge in [-0.2, -0.15) is 13.5 Å². The first kappa shape index (κ1) is 21.7. The molecule has 4 aliphatic heterocycles. The van der Waals surface area contributed by atoms with E-state index in [-0.39, 0.29) is 12.6 Å². The molecule has 13 nitrogen and oxygen atoms in total. The summed E-state index contributed by atoms with van der Waals surface area (Å²) in [6, 6.07) is -1.50. The molecule has 14 heteroatoms. The fourth-order valence-corrected chi connectivity index (χ4v) is 5.02. The Labute approximate surface area is 174 Å². The van der Waals surface area contributed by atoms with E-state index >= 15 is 0 Å². The molecule has 4 N–H and O–H groups in total. The highest BCUT2D eigenvalue weighted by atomic mass is 32.3. The van der Waals surface area contributed by atoms with Gasteiger partial charge in [-0.15, -0.1) is 4.28 Å². The minimum Gasteiger partial charge on any atom is -0.314 e. The molecule has 0 aromatic rings. The molecule has 3 amide bonds. The maximum Gasteiger partial charge on any atom is 0.418 e. The van der Waals surface area contributed by atoms with Crippen molar-refractivity contribution < 1.29 is 31.7 Å². The number of piperidine rings is 1. The second-order valence-corrected chi connectivity index (χ2v) is 9.07. The highest BCUT2D eigenvalue weighted by Gasteiger charge is 2.49. The molecule has 0 aliphatic carbocycles. The zero-order chi connectivity index (χ0) is 21.3. The van der Waals surface area contributed by atoms with Crippen LogP contribution in [0.2, 0.25) is 0 Å². The first-order chi connectivity index (χ1) is 14.3. The number of urea groups is 1. The summed E-state index contributed by atoms with van der Waals surface area (Å²) in [6.07, 6.45) is 1.64. The number of carbonyl (C=O) groups excluding carboxylic acids is 2. The van der Waals surface area contributed by atoms with Gasteiger partial charge in [0.05, 0.1) is 12.6 Å². The van der Waals surface area contributed by atoms with Crippen molar-refractivity contribution in [3.8, 4) is 0 Å². The van der Waals surface area contributed by atoms with Crippen molar-refractivity contribution in [2.45, 2.75) is 43.4 Å². The van der Waals surface area contributed by atoms with Gasteiger partial charge in [0.1, 0.15) is 6.04 Å². The second-order valence-electron chi connectivity index (χ2n) is 8.07. The maximum atomic E-state index is 12.5. The second kappa shape index (κ2) is 8.90. The molecule has 0 saturated carbocycles. The van der Waals surface area contributed by atoms with Gasteiger partial charge < -0.3 is 15.5 Å². The summed E-state index contributed by atoms with van der Waals surface area (Å²) in [5, 5.41) is 7.37. The predicted molar refractivity (Wildman–Crippen MR) is 102 cm³/mol. The normalized spacial score (nSPS) is 32.6. The van der Waals surface area contributed by atoms with E-state index in [1.165, 1.54) is 4.90 Å². The number of fused-ring (bicyclic) bond motifs is 2. The zero-order valence-electron chi connectivity index (χ0n) is 16.5. The fraction of sp³-hybridized carbons (Fsp3) is 0.875. The number of hydrogen-bond acceptors (Lipinski definition) is 9. The van der Waals surface area contributed by atoms with Crippen molar-refractivity contribution in [2.24, 2.45) is 0 Å². The summed E-state index contributed by atoms with van der Waals surface area (Å²) in [4.78, 5) is 34.0. The van der Waals surface area contributed by atoms with Crippen LogP contribution < -0.4 is 16.1 Å². The number of piperazine rings is 1. The highest BCUT2D eigenvalue weighted by molar-refractivity contribution is 7.80. The highest BCUT2D eigenvalue weighted by Crippen LogP contribution is 2.30. The quantitative estimate of drug-likeness (QED) is 0.246. The van der Waals surface area contributed by atoms with Crippen LogP contribution in [-0.4, -0.2) is 110 Å². The molecule has 4 rings (SSSR count). The van der Waals surface area contributed by atoms with E-state index in [1.807, 2.05) is 0 Å². The van der Waals surface area contributed by atoms with E-state index < -0.39 is 34.4 Å². The number of amides is 3. The molecule has 4 atom stereocenters. The lowest BCUT2D eigenvalue weighted by molar-refractivity contribution is -0.139. The van der Waals surface area contributed by atoms with E-state index in [4.69, 9.17) is 9.39 Å². The number of nitrogens with zero attached hydrogens (tertiary/aromatic N) is 3. The maximum absolute atomic E-state index is 12.5. The molecule has 4 heterocycles. The molecular formula is C16H28N6O7S. The summed E-state index contributed by atoms with van der Waals surface area (Å²) >= 11 is 0. The minimum atomic E-state index is -4.81. The predicted octanol–water partition coefficient (Wildman–Crippen LogP) is -2.33. The first-order valence-corrected chi connectivity index (χ1v) is 11.5. The smallest absolute Gasteiger partial charge is 0.314 e. The average molecular weight is 449 g/mol. The van der Waals surface area contributed by atoms with Gasteiger partial charge in [-0.1, -0.05) is 0 Å². The number of rotatable bonds is 7. The molecule has 0 aromatic carbocycles. The van der Waals surface area contributed by atoms with Gasteiger partial charge >= 0.3 is 16.4 Å². The number of carbonyl (C=O) groups is 2.